The van der Waals surface area contributed by atoms with Gasteiger partial charge in [0, 0.05) is 31.1 Å². The molecule has 4 aliphatic heterocycles. The Bertz CT molecular complexity index is 334. The fourth-order valence-corrected chi connectivity index (χ4v) is 5.96. The third-order valence-corrected chi connectivity index (χ3v) is 7.10. The highest BCUT2D eigenvalue weighted by Gasteiger charge is 2.37. The first kappa shape index (κ1) is 22.0. The summed E-state index contributed by atoms with van der Waals surface area (Å²) in [6.07, 6.45) is 11.9. The van der Waals surface area contributed by atoms with Gasteiger partial charge in [-0.2, -0.15) is 0 Å². The van der Waals surface area contributed by atoms with Crippen molar-refractivity contribution < 1.29 is 8.97 Å². The van der Waals surface area contributed by atoms with Gasteiger partial charge in [-0.05, 0) is 32.1 Å². The number of hydrogen-bond acceptors (Lipinski definition) is 0. The molecule has 0 amide bonds. The second-order valence-electron chi connectivity index (χ2n) is 9.30. The maximum Gasteiger partial charge on any atom is 0.0814 e. The summed E-state index contributed by atoms with van der Waals surface area (Å²) < 4.78 is 2.97. The molecule has 2 unspecified atom stereocenters. The van der Waals surface area contributed by atoms with Gasteiger partial charge in [0.1, 0.15) is 0 Å². The van der Waals surface area contributed by atoms with Gasteiger partial charge in [-0.3, -0.25) is 0 Å². The molecule has 0 saturated carbocycles. The summed E-state index contributed by atoms with van der Waals surface area (Å²) in [7, 11) is 0. The lowest BCUT2D eigenvalue weighted by Gasteiger charge is -2.40. The standard InChI is InChI=1S/2C10H20N.CH4.CH3/c1-10-5-4-8-11(9-10)6-2-3-7-11;1-10-5-8-11(9-10)6-3-2-4-7-11;;/h2*10H,2-9H2,1H3;1H4;1H3/q2*+1;;-1. The van der Waals surface area contributed by atoms with E-state index in [0.29, 0.717) is 0 Å². The molecule has 0 aliphatic carbocycles. The van der Waals surface area contributed by atoms with Gasteiger partial charge in [-0.15, -0.1) is 0 Å². The molecule has 4 rings (SSSR count). The molecule has 24 heavy (non-hydrogen) atoms. The molecule has 4 fully saturated rings. The Morgan fingerprint density at radius 2 is 0.958 bits per heavy atom. The third-order valence-electron chi connectivity index (χ3n) is 7.10. The van der Waals surface area contributed by atoms with Crippen LogP contribution in [0.5, 0.6) is 0 Å². The summed E-state index contributed by atoms with van der Waals surface area (Å²) in [5.74, 6) is 2.01. The number of piperidine rings is 2. The highest BCUT2D eigenvalue weighted by Crippen LogP contribution is 2.29. The van der Waals surface area contributed by atoms with Crippen molar-refractivity contribution in [2.45, 2.75) is 72.6 Å². The molecular weight excluding hydrogens is 292 g/mol. The summed E-state index contributed by atoms with van der Waals surface area (Å²) in [4.78, 5) is 0. The predicted molar refractivity (Wildman–Crippen MR) is 108 cm³/mol. The first-order valence-electron chi connectivity index (χ1n) is 10.3. The van der Waals surface area contributed by atoms with Gasteiger partial charge in [-0.1, -0.05) is 21.3 Å². The van der Waals surface area contributed by atoms with Crippen LogP contribution in [0, 0.1) is 19.3 Å². The van der Waals surface area contributed by atoms with Gasteiger partial charge in [0.05, 0.1) is 52.4 Å². The van der Waals surface area contributed by atoms with Crippen LogP contribution in [-0.2, 0) is 0 Å². The second-order valence-corrected chi connectivity index (χ2v) is 9.30. The van der Waals surface area contributed by atoms with E-state index < -0.39 is 0 Å². The summed E-state index contributed by atoms with van der Waals surface area (Å²) in [5.41, 5.74) is 0. The molecule has 0 bridgehead atoms. The minimum atomic E-state index is 0. The topological polar surface area (TPSA) is 0 Å². The van der Waals surface area contributed by atoms with Crippen LogP contribution in [0.1, 0.15) is 72.6 Å². The first-order chi connectivity index (χ1) is 10.6. The Labute approximate surface area is 153 Å². The number of hydrogen-bond donors (Lipinski definition) is 0. The molecule has 0 aromatic heterocycles. The Kier molecular flexibility index (Phi) is 8.76. The van der Waals surface area contributed by atoms with Crippen LogP contribution in [-0.4, -0.2) is 61.3 Å². The summed E-state index contributed by atoms with van der Waals surface area (Å²) >= 11 is 0. The van der Waals surface area contributed by atoms with Gasteiger partial charge in [0.15, 0.2) is 0 Å². The quantitative estimate of drug-likeness (QED) is 0.423. The summed E-state index contributed by atoms with van der Waals surface area (Å²) in [5, 5.41) is 0. The van der Waals surface area contributed by atoms with E-state index in [-0.39, 0.29) is 14.9 Å². The number of rotatable bonds is 0. The molecule has 4 aliphatic rings. The van der Waals surface area contributed by atoms with Crippen molar-refractivity contribution in [2.75, 3.05) is 52.4 Å². The molecule has 0 aromatic rings. The Morgan fingerprint density at radius 3 is 1.42 bits per heavy atom. The zero-order valence-corrected chi connectivity index (χ0v) is 16.4. The Morgan fingerprint density at radius 1 is 0.542 bits per heavy atom. The van der Waals surface area contributed by atoms with Gasteiger partial charge in [0.25, 0.3) is 0 Å². The fraction of sp³-hybridized carbons (Fsp3) is 0.955. The van der Waals surface area contributed by atoms with Crippen LogP contribution in [0.15, 0.2) is 0 Å². The van der Waals surface area contributed by atoms with E-state index in [4.69, 9.17) is 0 Å². The Hall–Kier alpha value is -0.0800. The van der Waals surface area contributed by atoms with E-state index in [1.54, 1.807) is 0 Å². The van der Waals surface area contributed by atoms with E-state index in [1.165, 1.54) is 113 Å². The minimum Gasteiger partial charge on any atom is -0.358 e. The lowest BCUT2D eigenvalue weighted by Crippen LogP contribution is -2.51. The zero-order chi connectivity index (χ0) is 15.5. The fourth-order valence-electron chi connectivity index (χ4n) is 5.96. The van der Waals surface area contributed by atoms with E-state index in [1.807, 2.05) is 0 Å². The van der Waals surface area contributed by atoms with E-state index in [9.17, 15) is 0 Å². The van der Waals surface area contributed by atoms with Crippen LogP contribution >= 0.6 is 0 Å². The summed E-state index contributed by atoms with van der Waals surface area (Å²) in [6, 6.07) is 0. The SMILES string of the molecule is C.CC1CCC[N+]2(CCCC2)C1.CC1CC[N+]2(CCCCC2)C1.[CH3-]. The van der Waals surface area contributed by atoms with Crippen molar-refractivity contribution in [1.29, 1.82) is 0 Å². The highest BCUT2D eigenvalue weighted by atomic mass is 15.4. The Balaban J connectivity index is 0.000000222. The smallest absolute Gasteiger partial charge is 0.0814 e. The van der Waals surface area contributed by atoms with Crippen LogP contribution in [0.2, 0.25) is 0 Å². The van der Waals surface area contributed by atoms with Gasteiger partial charge < -0.3 is 16.4 Å². The van der Waals surface area contributed by atoms with Crippen molar-refractivity contribution >= 4 is 0 Å². The molecule has 0 radical (unpaired) electrons. The van der Waals surface area contributed by atoms with Crippen LogP contribution in [0.4, 0.5) is 0 Å². The molecule has 2 heteroatoms. The average molecular weight is 340 g/mol. The lowest BCUT2D eigenvalue weighted by molar-refractivity contribution is -0.924. The third kappa shape index (κ3) is 5.46. The molecule has 0 aromatic carbocycles. The number of quaternary nitrogens is 2. The molecular formula is C22H47N2+. The van der Waals surface area contributed by atoms with E-state index in [0.717, 1.165) is 11.8 Å². The predicted octanol–water partition coefficient (Wildman–Crippen LogP) is 5.14. The van der Waals surface area contributed by atoms with Crippen molar-refractivity contribution in [1.82, 2.24) is 0 Å². The molecule has 4 saturated heterocycles. The van der Waals surface area contributed by atoms with Crippen LogP contribution in [0.25, 0.3) is 0 Å². The molecule has 2 nitrogen and oxygen atoms in total. The summed E-state index contributed by atoms with van der Waals surface area (Å²) in [6.45, 7) is 16.8. The van der Waals surface area contributed by atoms with Crippen molar-refractivity contribution in [3.05, 3.63) is 7.43 Å². The molecule has 0 N–H and O–H groups in total. The lowest BCUT2D eigenvalue weighted by atomic mass is 9.98. The average Bonchev–Trinajstić information content (AvgIpc) is 3.08. The van der Waals surface area contributed by atoms with Crippen molar-refractivity contribution in [2.24, 2.45) is 11.8 Å². The molecule has 2 spiro atoms. The highest BCUT2D eigenvalue weighted by molar-refractivity contribution is 4.66. The first-order valence-corrected chi connectivity index (χ1v) is 10.3. The van der Waals surface area contributed by atoms with Gasteiger partial charge >= 0.3 is 0 Å². The van der Waals surface area contributed by atoms with Crippen molar-refractivity contribution in [3.63, 3.8) is 0 Å². The number of nitrogens with zero attached hydrogens (tertiary/aromatic N) is 2. The largest absolute Gasteiger partial charge is 0.358 e. The second kappa shape index (κ2) is 9.57. The maximum absolute atomic E-state index is 2.43. The van der Waals surface area contributed by atoms with Gasteiger partial charge in [-0.25, -0.2) is 0 Å². The normalized spacial score (nSPS) is 33.2. The van der Waals surface area contributed by atoms with Crippen LogP contribution in [0.3, 0.4) is 0 Å². The van der Waals surface area contributed by atoms with E-state index in [2.05, 4.69) is 13.8 Å². The maximum atomic E-state index is 2.43. The van der Waals surface area contributed by atoms with Gasteiger partial charge in [0.2, 0.25) is 0 Å². The van der Waals surface area contributed by atoms with E-state index >= 15 is 0 Å². The van der Waals surface area contributed by atoms with Crippen LogP contribution < -0.4 is 0 Å². The molecule has 2 atom stereocenters. The monoisotopic (exact) mass is 339 g/mol. The minimum absolute atomic E-state index is 0. The molecule has 4 heterocycles. The van der Waals surface area contributed by atoms with Crippen molar-refractivity contribution in [3.8, 4) is 0 Å². The zero-order valence-electron chi connectivity index (χ0n) is 16.4. The molecule has 144 valence electrons.